The van der Waals surface area contributed by atoms with Gasteiger partial charge in [0.1, 0.15) is 25.9 Å². The first-order chi connectivity index (χ1) is 16.0. The van der Waals surface area contributed by atoms with Crippen molar-refractivity contribution in [2.75, 3.05) is 13.2 Å². The molecule has 0 bridgehead atoms. The van der Waals surface area contributed by atoms with Crippen LogP contribution in [0.15, 0.2) is 30.3 Å². The van der Waals surface area contributed by atoms with Crippen molar-refractivity contribution in [3.8, 4) is 0 Å². The summed E-state index contributed by atoms with van der Waals surface area (Å²) in [4.78, 5) is 71.1. The molecule has 2 atom stereocenters. The normalized spacial score (nSPS) is 22.2. The molecule has 1 aromatic rings. The zero-order valence-corrected chi connectivity index (χ0v) is 19.0. The molecular formula is C22H26N2O10. The molecule has 0 saturated carbocycles. The molecule has 12 nitrogen and oxygen atoms in total. The van der Waals surface area contributed by atoms with Crippen molar-refractivity contribution in [2.24, 2.45) is 5.41 Å². The second-order valence-corrected chi connectivity index (χ2v) is 8.82. The van der Waals surface area contributed by atoms with Gasteiger partial charge in [-0.1, -0.05) is 30.3 Å². The lowest BCUT2D eigenvalue weighted by molar-refractivity contribution is -0.310. The highest BCUT2D eigenvalue weighted by molar-refractivity contribution is 5.90. The molecule has 12 heteroatoms. The number of hydroxylamine groups is 2. The number of carbonyl (C=O) groups is 5. The van der Waals surface area contributed by atoms with E-state index < -0.39 is 53.6 Å². The number of hydrogen-bond acceptors (Lipinski definition) is 10. The second-order valence-electron chi connectivity index (χ2n) is 8.82. The summed E-state index contributed by atoms with van der Waals surface area (Å²) in [7, 11) is 0. The molecular weight excluding hydrogens is 452 g/mol. The van der Waals surface area contributed by atoms with E-state index in [0.717, 1.165) is 5.56 Å². The van der Waals surface area contributed by atoms with Gasteiger partial charge in [0.25, 0.3) is 0 Å². The first kappa shape index (κ1) is 25.0. The predicted octanol–water partition coefficient (Wildman–Crippen LogP) is 1.18. The topological polar surface area (TPSA) is 147 Å². The number of esters is 2. The molecule has 3 rings (SSSR count). The van der Waals surface area contributed by atoms with Gasteiger partial charge in [-0.2, -0.15) is 0 Å². The monoisotopic (exact) mass is 478 g/mol. The fourth-order valence-electron chi connectivity index (χ4n) is 2.97. The van der Waals surface area contributed by atoms with E-state index in [1.807, 2.05) is 6.07 Å². The zero-order chi connectivity index (χ0) is 24.9. The maximum absolute atomic E-state index is 12.8. The van der Waals surface area contributed by atoms with Gasteiger partial charge in [0.2, 0.25) is 5.60 Å². The first-order valence-corrected chi connectivity index (χ1v) is 10.6. The van der Waals surface area contributed by atoms with Crippen LogP contribution in [0, 0.1) is 5.41 Å². The fourth-order valence-corrected chi connectivity index (χ4v) is 2.97. The third-order valence-corrected chi connectivity index (χ3v) is 4.97. The maximum atomic E-state index is 12.8. The van der Waals surface area contributed by atoms with Crippen LogP contribution >= 0.6 is 0 Å². The van der Waals surface area contributed by atoms with Crippen molar-refractivity contribution in [3.63, 3.8) is 0 Å². The third kappa shape index (κ3) is 6.01. The maximum Gasteiger partial charge on any atom is 0.408 e. The van der Waals surface area contributed by atoms with Gasteiger partial charge in [0.15, 0.2) is 0 Å². The Kier molecular flexibility index (Phi) is 7.40. The highest BCUT2D eigenvalue weighted by atomic mass is 17.0. The van der Waals surface area contributed by atoms with Crippen LogP contribution in [0.3, 0.4) is 0 Å². The Balaban J connectivity index is 1.55. The smallest absolute Gasteiger partial charge is 0.408 e. The average Bonchev–Trinajstić information content (AvgIpc) is 3.34. The lowest BCUT2D eigenvalue weighted by Gasteiger charge is -2.27. The van der Waals surface area contributed by atoms with Gasteiger partial charge in [-0.3, -0.25) is 14.4 Å². The molecule has 0 aliphatic carbocycles. The summed E-state index contributed by atoms with van der Waals surface area (Å²) >= 11 is 0. The van der Waals surface area contributed by atoms with Gasteiger partial charge in [-0.05, 0) is 31.6 Å². The highest BCUT2D eigenvalue weighted by Crippen LogP contribution is 2.30. The van der Waals surface area contributed by atoms with Crippen molar-refractivity contribution in [1.29, 1.82) is 0 Å². The lowest BCUT2D eigenvalue weighted by atomic mass is 9.97. The van der Waals surface area contributed by atoms with Gasteiger partial charge in [0, 0.05) is 6.42 Å². The minimum atomic E-state index is -1.91. The van der Waals surface area contributed by atoms with E-state index in [1.165, 1.54) is 0 Å². The molecule has 1 unspecified atom stereocenters. The number of carbonyl (C=O) groups excluding carboxylic acids is 5. The molecule has 2 aliphatic heterocycles. The summed E-state index contributed by atoms with van der Waals surface area (Å²) in [6.07, 6.45) is -1.08. The summed E-state index contributed by atoms with van der Waals surface area (Å²) in [5.41, 5.74) is -2.01. The molecule has 0 aromatic heterocycles. The summed E-state index contributed by atoms with van der Waals surface area (Å²) in [5.74, 6) is -3.33. The lowest BCUT2D eigenvalue weighted by Crippen LogP contribution is -2.49. The van der Waals surface area contributed by atoms with Crippen LogP contribution in [0.5, 0.6) is 0 Å². The minimum Gasteiger partial charge on any atom is -0.460 e. The molecule has 2 aliphatic rings. The predicted molar refractivity (Wildman–Crippen MR) is 111 cm³/mol. The number of rotatable bonds is 7. The second kappa shape index (κ2) is 10.1. The molecule has 1 N–H and O–H groups in total. The van der Waals surface area contributed by atoms with Crippen LogP contribution < -0.4 is 5.32 Å². The number of hydrogen-bond donors (Lipinski definition) is 1. The number of nitrogens with zero attached hydrogens (tertiary/aromatic N) is 1. The summed E-state index contributed by atoms with van der Waals surface area (Å²) < 4.78 is 15.3. The van der Waals surface area contributed by atoms with Crippen LogP contribution in [-0.2, 0) is 49.7 Å². The molecule has 0 radical (unpaired) electrons. The van der Waals surface area contributed by atoms with E-state index in [0.29, 0.717) is 5.23 Å². The Bertz CT molecular complexity index is 958. The number of cyclic esters (lactones) is 1. The van der Waals surface area contributed by atoms with E-state index in [1.54, 1.807) is 45.0 Å². The Labute approximate surface area is 195 Å². The summed E-state index contributed by atoms with van der Waals surface area (Å²) in [6, 6.07) is 7.76. The van der Waals surface area contributed by atoms with Gasteiger partial charge in [0.05, 0.1) is 11.8 Å². The Morgan fingerprint density at radius 2 is 1.85 bits per heavy atom. The number of ether oxygens (including phenoxy) is 3. The van der Waals surface area contributed by atoms with Crippen molar-refractivity contribution >= 4 is 29.9 Å². The molecule has 2 amide bonds. The van der Waals surface area contributed by atoms with Gasteiger partial charge in [-0.15, -0.1) is 0 Å². The van der Waals surface area contributed by atoms with Crippen molar-refractivity contribution < 1.29 is 47.9 Å². The van der Waals surface area contributed by atoms with Crippen LogP contribution in [0.2, 0.25) is 0 Å². The number of benzene rings is 1. The van der Waals surface area contributed by atoms with Gasteiger partial charge < -0.3 is 24.4 Å². The third-order valence-electron chi connectivity index (χ3n) is 4.97. The van der Waals surface area contributed by atoms with Crippen LogP contribution in [-0.4, -0.2) is 60.0 Å². The number of amides is 2. The molecule has 2 saturated heterocycles. The van der Waals surface area contributed by atoms with Gasteiger partial charge in [-0.25, -0.2) is 14.4 Å². The Hall–Kier alpha value is -3.67. The highest BCUT2D eigenvalue weighted by Gasteiger charge is 2.53. The molecule has 2 heterocycles. The quantitative estimate of drug-likeness (QED) is 0.447. The standard InChI is InChI=1S/C22H26N2O10/c1-21(2,3)18(27)31-13-22(10-9-16(25)33-22)19(28)34-24-17(26)15(12-32-24)23-20(29)30-11-14-7-5-4-6-8-14/h4-8,15H,9-13H2,1-3H3,(H,23,29)/t15-,22?/m0/s1. The largest absolute Gasteiger partial charge is 0.460 e. The fraction of sp³-hybridized carbons (Fsp3) is 0.500. The van der Waals surface area contributed by atoms with Crippen molar-refractivity contribution in [1.82, 2.24) is 10.5 Å². The van der Waals surface area contributed by atoms with E-state index in [2.05, 4.69) is 5.32 Å². The van der Waals surface area contributed by atoms with E-state index in [4.69, 9.17) is 23.9 Å². The minimum absolute atomic E-state index is 0.00564. The summed E-state index contributed by atoms with van der Waals surface area (Å²) in [6.45, 7) is 3.96. The van der Waals surface area contributed by atoms with Crippen LogP contribution in [0.4, 0.5) is 4.79 Å². The molecule has 184 valence electrons. The molecule has 34 heavy (non-hydrogen) atoms. The average molecular weight is 478 g/mol. The van der Waals surface area contributed by atoms with E-state index >= 15 is 0 Å². The zero-order valence-electron chi connectivity index (χ0n) is 19.0. The van der Waals surface area contributed by atoms with Crippen LogP contribution in [0.1, 0.15) is 39.2 Å². The van der Waals surface area contributed by atoms with E-state index in [9.17, 15) is 24.0 Å². The first-order valence-electron chi connectivity index (χ1n) is 10.6. The van der Waals surface area contributed by atoms with Crippen LogP contribution in [0.25, 0.3) is 0 Å². The summed E-state index contributed by atoms with van der Waals surface area (Å²) in [5, 5.41) is 2.62. The number of nitrogens with one attached hydrogen (secondary N) is 1. The molecule has 2 fully saturated rings. The van der Waals surface area contributed by atoms with Crippen molar-refractivity contribution in [3.05, 3.63) is 35.9 Å². The van der Waals surface area contributed by atoms with Crippen molar-refractivity contribution in [2.45, 2.75) is 51.9 Å². The SMILES string of the molecule is CC(C)(C)C(=O)OCC1(C(=O)ON2OC[C@H](NC(=O)OCc3ccccc3)C2=O)CCC(=O)O1. The van der Waals surface area contributed by atoms with Gasteiger partial charge >= 0.3 is 29.9 Å². The molecule has 0 spiro atoms. The Morgan fingerprint density at radius 3 is 2.47 bits per heavy atom. The Morgan fingerprint density at radius 1 is 1.15 bits per heavy atom. The number of alkyl carbamates (subject to hydrolysis) is 1. The van der Waals surface area contributed by atoms with E-state index in [-0.39, 0.29) is 26.1 Å². The molecule has 1 aromatic carbocycles.